The van der Waals surface area contributed by atoms with Crippen LogP contribution in [-0.2, 0) is 0 Å². The molecule has 0 spiro atoms. The molecule has 1 atom stereocenters. The van der Waals surface area contributed by atoms with Crippen molar-refractivity contribution >= 4 is 11.6 Å². The summed E-state index contributed by atoms with van der Waals surface area (Å²) >= 11 is 5.97. The van der Waals surface area contributed by atoms with Crippen LogP contribution >= 0.6 is 11.6 Å². The van der Waals surface area contributed by atoms with Crippen LogP contribution in [0, 0.1) is 12.7 Å². The van der Waals surface area contributed by atoms with Crippen molar-refractivity contribution in [2.24, 2.45) is 0 Å². The van der Waals surface area contributed by atoms with Crippen molar-refractivity contribution in [3.05, 3.63) is 63.9 Å². The van der Waals surface area contributed by atoms with Gasteiger partial charge in [0.15, 0.2) is 0 Å². The van der Waals surface area contributed by atoms with Crippen LogP contribution in [0.3, 0.4) is 0 Å². The summed E-state index contributed by atoms with van der Waals surface area (Å²) in [6.07, 6.45) is 0. The maximum Gasteiger partial charge on any atom is 0.128 e. The Kier molecular flexibility index (Phi) is 4.63. The van der Waals surface area contributed by atoms with E-state index in [1.807, 2.05) is 19.1 Å². The zero-order valence-corrected chi connectivity index (χ0v) is 12.5. The van der Waals surface area contributed by atoms with E-state index in [0.29, 0.717) is 16.3 Å². The van der Waals surface area contributed by atoms with E-state index in [2.05, 4.69) is 5.32 Å². The molecule has 1 N–H and O–H groups in total. The summed E-state index contributed by atoms with van der Waals surface area (Å²) in [5.74, 6) is 0.393. The minimum Gasteiger partial charge on any atom is -0.496 e. The van der Waals surface area contributed by atoms with Crippen LogP contribution in [0.15, 0.2) is 36.4 Å². The molecule has 2 nitrogen and oxygen atoms in total. The quantitative estimate of drug-likeness (QED) is 0.916. The fourth-order valence-electron chi connectivity index (χ4n) is 2.29. The third kappa shape index (κ3) is 2.94. The number of aryl methyl sites for hydroxylation is 1. The van der Waals surface area contributed by atoms with Gasteiger partial charge in [0.2, 0.25) is 0 Å². The molecular weight excluding hydrogens is 277 g/mol. The number of benzene rings is 2. The third-order valence-corrected chi connectivity index (χ3v) is 3.49. The molecule has 2 aromatic carbocycles. The molecule has 0 fully saturated rings. The molecule has 0 aliphatic heterocycles. The second-order valence-electron chi connectivity index (χ2n) is 4.63. The molecule has 106 valence electrons. The van der Waals surface area contributed by atoms with Crippen LogP contribution in [0.25, 0.3) is 0 Å². The molecule has 4 heteroatoms. The maximum absolute atomic E-state index is 14.1. The standard InChI is InChI=1S/C16H17ClFNO/c1-10-4-7-14(18)13(8-10)16(19-2)12-6-5-11(17)9-15(12)20-3/h4-9,16,19H,1-3H3. The largest absolute Gasteiger partial charge is 0.496 e. The van der Waals surface area contributed by atoms with E-state index in [1.54, 1.807) is 32.4 Å². The van der Waals surface area contributed by atoms with Crippen LogP contribution in [0.5, 0.6) is 5.75 Å². The van der Waals surface area contributed by atoms with Gasteiger partial charge in [-0.1, -0.05) is 35.4 Å². The van der Waals surface area contributed by atoms with Crippen molar-refractivity contribution in [1.29, 1.82) is 0 Å². The molecular formula is C16H17ClFNO. The van der Waals surface area contributed by atoms with Gasteiger partial charge in [0.1, 0.15) is 11.6 Å². The van der Waals surface area contributed by atoms with Crippen LogP contribution in [-0.4, -0.2) is 14.2 Å². The molecule has 0 radical (unpaired) electrons. The van der Waals surface area contributed by atoms with Crippen LogP contribution in [0.2, 0.25) is 5.02 Å². The van der Waals surface area contributed by atoms with E-state index in [9.17, 15) is 4.39 Å². The third-order valence-electron chi connectivity index (χ3n) is 3.26. The van der Waals surface area contributed by atoms with Gasteiger partial charge < -0.3 is 10.1 Å². The molecule has 0 aliphatic rings. The number of hydrogen-bond donors (Lipinski definition) is 1. The Morgan fingerprint density at radius 3 is 2.55 bits per heavy atom. The summed E-state index contributed by atoms with van der Waals surface area (Å²) in [6.45, 7) is 1.94. The van der Waals surface area contributed by atoms with Crippen molar-refractivity contribution in [3.63, 3.8) is 0 Å². The van der Waals surface area contributed by atoms with Gasteiger partial charge in [-0.2, -0.15) is 0 Å². The van der Waals surface area contributed by atoms with Crippen molar-refractivity contribution < 1.29 is 9.13 Å². The van der Waals surface area contributed by atoms with Gasteiger partial charge in [0.05, 0.1) is 13.2 Å². The zero-order valence-electron chi connectivity index (χ0n) is 11.7. The van der Waals surface area contributed by atoms with E-state index in [1.165, 1.54) is 6.07 Å². The molecule has 0 saturated heterocycles. The van der Waals surface area contributed by atoms with Crippen LogP contribution < -0.4 is 10.1 Å². The lowest BCUT2D eigenvalue weighted by Gasteiger charge is -2.21. The van der Waals surface area contributed by atoms with Gasteiger partial charge in [0, 0.05) is 16.1 Å². The fraction of sp³-hybridized carbons (Fsp3) is 0.250. The number of ether oxygens (including phenoxy) is 1. The number of methoxy groups -OCH3 is 1. The lowest BCUT2D eigenvalue weighted by atomic mass is 9.96. The maximum atomic E-state index is 14.1. The Balaban J connectivity index is 2.55. The van der Waals surface area contributed by atoms with E-state index in [0.717, 1.165) is 11.1 Å². The number of nitrogens with one attached hydrogen (secondary N) is 1. The minimum absolute atomic E-state index is 0.244. The lowest BCUT2D eigenvalue weighted by Crippen LogP contribution is -2.20. The Morgan fingerprint density at radius 2 is 1.90 bits per heavy atom. The summed E-state index contributed by atoms with van der Waals surface area (Å²) in [6, 6.07) is 10.1. The fourth-order valence-corrected chi connectivity index (χ4v) is 2.45. The molecule has 2 aromatic rings. The predicted octanol–water partition coefficient (Wildman–Crippen LogP) is 4.10. The van der Waals surface area contributed by atoms with E-state index in [4.69, 9.17) is 16.3 Å². The normalized spacial score (nSPS) is 12.2. The molecule has 20 heavy (non-hydrogen) atoms. The van der Waals surface area contributed by atoms with Gasteiger partial charge in [-0.15, -0.1) is 0 Å². The molecule has 0 bridgehead atoms. The average Bonchev–Trinajstić information content (AvgIpc) is 2.44. The van der Waals surface area contributed by atoms with Gasteiger partial charge in [-0.05, 0) is 32.2 Å². The SMILES string of the molecule is CNC(c1cc(C)ccc1F)c1ccc(Cl)cc1OC. The van der Waals surface area contributed by atoms with Crippen molar-refractivity contribution in [3.8, 4) is 5.75 Å². The highest BCUT2D eigenvalue weighted by molar-refractivity contribution is 6.30. The number of halogens is 2. The molecule has 0 aromatic heterocycles. The highest BCUT2D eigenvalue weighted by Crippen LogP contribution is 2.33. The molecule has 0 amide bonds. The van der Waals surface area contributed by atoms with Crippen molar-refractivity contribution in [2.75, 3.05) is 14.2 Å². The first-order valence-electron chi connectivity index (χ1n) is 6.33. The van der Waals surface area contributed by atoms with Crippen molar-refractivity contribution in [2.45, 2.75) is 13.0 Å². The second-order valence-corrected chi connectivity index (χ2v) is 5.07. The Labute approximate surface area is 123 Å². The van der Waals surface area contributed by atoms with Crippen LogP contribution in [0.4, 0.5) is 4.39 Å². The topological polar surface area (TPSA) is 21.3 Å². The highest BCUT2D eigenvalue weighted by atomic mass is 35.5. The van der Waals surface area contributed by atoms with E-state index in [-0.39, 0.29) is 11.9 Å². The lowest BCUT2D eigenvalue weighted by molar-refractivity contribution is 0.404. The summed E-state index contributed by atoms with van der Waals surface area (Å²) in [7, 11) is 3.37. The Hall–Kier alpha value is -1.58. The minimum atomic E-state index is -0.290. The van der Waals surface area contributed by atoms with E-state index < -0.39 is 0 Å². The molecule has 0 aliphatic carbocycles. The Morgan fingerprint density at radius 1 is 1.15 bits per heavy atom. The predicted molar refractivity (Wildman–Crippen MR) is 80.0 cm³/mol. The first-order chi connectivity index (χ1) is 9.56. The van der Waals surface area contributed by atoms with Gasteiger partial charge in [-0.3, -0.25) is 0 Å². The van der Waals surface area contributed by atoms with Gasteiger partial charge in [0.25, 0.3) is 0 Å². The summed E-state index contributed by atoms with van der Waals surface area (Å²) < 4.78 is 19.5. The Bertz CT molecular complexity index is 615. The first-order valence-corrected chi connectivity index (χ1v) is 6.71. The summed E-state index contributed by atoms with van der Waals surface area (Å²) in [4.78, 5) is 0. The van der Waals surface area contributed by atoms with Crippen LogP contribution in [0.1, 0.15) is 22.7 Å². The molecule has 1 unspecified atom stereocenters. The second kappa shape index (κ2) is 6.25. The van der Waals surface area contributed by atoms with Gasteiger partial charge >= 0.3 is 0 Å². The number of hydrogen-bond acceptors (Lipinski definition) is 2. The summed E-state index contributed by atoms with van der Waals surface area (Å²) in [5.41, 5.74) is 2.45. The zero-order chi connectivity index (χ0) is 14.7. The first kappa shape index (κ1) is 14.8. The summed E-state index contributed by atoms with van der Waals surface area (Å²) in [5, 5.41) is 3.72. The molecule has 0 saturated carbocycles. The van der Waals surface area contributed by atoms with E-state index >= 15 is 0 Å². The number of rotatable bonds is 4. The molecule has 0 heterocycles. The monoisotopic (exact) mass is 293 g/mol. The van der Waals surface area contributed by atoms with Crippen molar-refractivity contribution in [1.82, 2.24) is 5.32 Å². The molecule has 2 rings (SSSR count). The highest BCUT2D eigenvalue weighted by Gasteiger charge is 2.20. The van der Waals surface area contributed by atoms with Gasteiger partial charge in [-0.25, -0.2) is 4.39 Å². The smallest absolute Gasteiger partial charge is 0.128 e. The average molecular weight is 294 g/mol.